The molecule has 2 aromatic rings. The number of ether oxygens (including phenoxy) is 2. The van der Waals surface area contributed by atoms with E-state index in [0.29, 0.717) is 56.3 Å². The standard InChI is InChI=1S/C23H29FN4O4/c1-31-20-8-3-17(15-21(20)32-2)9-10-25-23(30)28-13-11-27(12-14-28)16-22(29)26-19-6-4-18(24)5-7-19/h3-8,15H,9-14,16H2,1-2H3,(H,25,30)(H,26,29). The molecular weight excluding hydrogens is 415 g/mol. The van der Waals surface area contributed by atoms with Gasteiger partial charge in [0.25, 0.3) is 0 Å². The highest BCUT2D eigenvalue weighted by atomic mass is 19.1. The SMILES string of the molecule is COc1ccc(CCNC(=O)N2CCN(CC(=O)Nc3ccc(F)cc3)CC2)cc1OC. The molecule has 0 saturated carbocycles. The molecule has 1 fully saturated rings. The third-order valence-corrected chi connectivity index (χ3v) is 5.29. The van der Waals surface area contributed by atoms with E-state index in [1.54, 1.807) is 19.1 Å². The Hall–Kier alpha value is -3.33. The number of hydrogen-bond donors (Lipinski definition) is 2. The average molecular weight is 445 g/mol. The molecule has 32 heavy (non-hydrogen) atoms. The summed E-state index contributed by atoms with van der Waals surface area (Å²) in [5.74, 6) is 0.825. The third kappa shape index (κ3) is 6.58. The Morgan fingerprint density at radius 3 is 2.31 bits per heavy atom. The zero-order valence-electron chi connectivity index (χ0n) is 18.4. The number of urea groups is 1. The minimum Gasteiger partial charge on any atom is -0.493 e. The van der Waals surface area contributed by atoms with Crippen molar-refractivity contribution in [2.75, 3.05) is 58.8 Å². The van der Waals surface area contributed by atoms with Gasteiger partial charge in [0.2, 0.25) is 5.91 Å². The lowest BCUT2D eigenvalue weighted by Gasteiger charge is -2.34. The molecule has 2 N–H and O–H groups in total. The van der Waals surface area contributed by atoms with E-state index in [1.165, 1.54) is 24.3 Å². The highest BCUT2D eigenvalue weighted by molar-refractivity contribution is 5.92. The first kappa shape index (κ1) is 23.3. The smallest absolute Gasteiger partial charge is 0.317 e. The van der Waals surface area contributed by atoms with Crippen molar-refractivity contribution in [3.05, 3.63) is 53.8 Å². The monoisotopic (exact) mass is 444 g/mol. The number of amides is 3. The summed E-state index contributed by atoms with van der Waals surface area (Å²) in [5.41, 5.74) is 1.60. The van der Waals surface area contributed by atoms with Crippen LogP contribution in [0.5, 0.6) is 11.5 Å². The normalized spacial score (nSPS) is 14.0. The number of anilines is 1. The Labute approximate surface area is 187 Å². The lowest BCUT2D eigenvalue weighted by Crippen LogP contribution is -2.53. The van der Waals surface area contributed by atoms with Gasteiger partial charge in [-0.3, -0.25) is 9.69 Å². The van der Waals surface area contributed by atoms with Crippen LogP contribution in [0.25, 0.3) is 0 Å². The van der Waals surface area contributed by atoms with Gasteiger partial charge in [-0.25, -0.2) is 9.18 Å². The van der Waals surface area contributed by atoms with Gasteiger partial charge in [-0.2, -0.15) is 0 Å². The molecule has 1 aliphatic rings. The number of methoxy groups -OCH3 is 2. The van der Waals surface area contributed by atoms with E-state index in [2.05, 4.69) is 10.6 Å². The summed E-state index contributed by atoms with van der Waals surface area (Å²) in [4.78, 5) is 28.4. The van der Waals surface area contributed by atoms with E-state index in [4.69, 9.17) is 9.47 Å². The Balaban J connectivity index is 1.37. The fourth-order valence-electron chi connectivity index (χ4n) is 3.51. The molecule has 8 nitrogen and oxygen atoms in total. The molecule has 0 atom stereocenters. The Morgan fingerprint density at radius 2 is 1.66 bits per heavy atom. The molecule has 9 heteroatoms. The second-order valence-corrected chi connectivity index (χ2v) is 7.49. The van der Waals surface area contributed by atoms with Crippen LogP contribution in [0.1, 0.15) is 5.56 Å². The maximum absolute atomic E-state index is 13.0. The second-order valence-electron chi connectivity index (χ2n) is 7.49. The molecule has 3 rings (SSSR count). The van der Waals surface area contributed by atoms with Gasteiger partial charge in [-0.1, -0.05) is 6.07 Å². The van der Waals surface area contributed by atoms with Gasteiger partial charge in [-0.05, 0) is 48.4 Å². The van der Waals surface area contributed by atoms with Crippen LogP contribution in [0.2, 0.25) is 0 Å². The molecule has 0 aliphatic carbocycles. The van der Waals surface area contributed by atoms with Crippen molar-refractivity contribution in [3.63, 3.8) is 0 Å². The van der Waals surface area contributed by atoms with Crippen molar-refractivity contribution in [1.29, 1.82) is 0 Å². The quantitative estimate of drug-likeness (QED) is 0.653. The maximum Gasteiger partial charge on any atom is 0.317 e. The number of hydrogen-bond acceptors (Lipinski definition) is 5. The van der Waals surface area contributed by atoms with E-state index in [0.717, 1.165) is 5.56 Å². The zero-order valence-corrected chi connectivity index (χ0v) is 18.4. The van der Waals surface area contributed by atoms with Crippen molar-refractivity contribution < 1.29 is 23.5 Å². The van der Waals surface area contributed by atoms with Crippen molar-refractivity contribution in [1.82, 2.24) is 15.1 Å². The number of carbonyl (C=O) groups is 2. The lowest BCUT2D eigenvalue weighted by atomic mass is 10.1. The van der Waals surface area contributed by atoms with Crippen molar-refractivity contribution >= 4 is 17.6 Å². The number of halogens is 1. The Bertz CT molecular complexity index is 915. The summed E-state index contributed by atoms with van der Waals surface area (Å²) in [7, 11) is 3.19. The molecule has 0 radical (unpaired) electrons. The number of nitrogens with one attached hydrogen (secondary N) is 2. The highest BCUT2D eigenvalue weighted by Crippen LogP contribution is 2.27. The van der Waals surface area contributed by atoms with Gasteiger partial charge < -0.3 is 25.0 Å². The Morgan fingerprint density at radius 1 is 0.969 bits per heavy atom. The predicted octanol–water partition coefficient (Wildman–Crippen LogP) is 2.35. The predicted molar refractivity (Wildman–Crippen MR) is 120 cm³/mol. The summed E-state index contributed by atoms with van der Waals surface area (Å²) in [6.45, 7) is 3.05. The first-order valence-electron chi connectivity index (χ1n) is 10.5. The lowest BCUT2D eigenvalue weighted by molar-refractivity contribution is -0.117. The van der Waals surface area contributed by atoms with E-state index in [9.17, 15) is 14.0 Å². The number of benzene rings is 2. The third-order valence-electron chi connectivity index (χ3n) is 5.29. The minimum absolute atomic E-state index is 0.110. The van der Waals surface area contributed by atoms with Crippen LogP contribution in [-0.4, -0.2) is 75.2 Å². The first-order valence-corrected chi connectivity index (χ1v) is 10.5. The summed E-state index contributed by atoms with van der Waals surface area (Å²) in [6, 6.07) is 11.2. The largest absolute Gasteiger partial charge is 0.493 e. The number of nitrogens with zero attached hydrogens (tertiary/aromatic N) is 2. The zero-order chi connectivity index (χ0) is 22.9. The molecule has 0 bridgehead atoms. The summed E-state index contributed by atoms with van der Waals surface area (Å²) in [6.07, 6.45) is 0.676. The molecule has 1 saturated heterocycles. The van der Waals surface area contributed by atoms with Crippen molar-refractivity contribution in [3.8, 4) is 11.5 Å². The number of piperazine rings is 1. The fraction of sp³-hybridized carbons (Fsp3) is 0.391. The molecule has 0 aromatic heterocycles. The summed E-state index contributed by atoms with van der Waals surface area (Å²) < 4.78 is 23.5. The molecule has 1 aliphatic heterocycles. The molecule has 172 valence electrons. The second kappa shape index (κ2) is 11.3. The Kier molecular flexibility index (Phi) is 8.27. The molecule has 0 spiro atoms. The van der Waals surface area contributed by atoms with Crippen LogP contribution < -0.4 is 20.1 Å². The minimum atomic E-state index is -0.346. The first-order chi connectivity index (χ1) is 15.5. The number of carbonyl (C=O) groups excluding carboxylic acids is 2. The molecule has 3 amide bonds. The van der Waals surface area contributed by atoms with Gasteiger partial charge in [0, 0.05) is 38.4 Å². The molecule has 0 unspecified atom stereocenters. The average Bonchev–Trinajstić information content (AvgIpc) is 2.80. The number of rotatable bonds is 8. The van der Waals surface area contributed by atoms with Crippen LogP contribution in [0, 0.1) is 5.82 Å². The molecular formula is C23H29FN4O4. The van der Waals surface area contributed by atoms with Crippen LogP contribution in [0.15, 0.2) is 42.5 Å². The van der Waals surface area contributed by atoms with Gasteiger partial charge in [0.05, 0.1) is 20.8 Å². The van der Waals surface area contributed by atoms with Crippen molar-refractivity contribution in [2.24, 2.45) is 0 Å². The van der Waals surface area contributed by atoms with Gasteiger partial charge >= 0.3 is 6.03 Å². The van der Waals surface area contributed by atoms with Gasteiger partial charge in [-0.15, -0.1) is 0 Å². The van der Waals surface area contributed by atoms with E-state index in [-0.39, 0.29) is 24.3 Å². The van der Waals surface area contributed by atoms with Crippen LogP contribution in [0.4, 0.5) is 14.9 Å². The molecule has 1 heterocycles. The highest BCUT2D eigenvalue weighted by Gasteiger charge is 2.22. The van der Waals surface area contributed by atoms with Crippen LogP contribution in [-0.2, 0) is 11.2 Å². The van der Waals surface area contributed by atoms with Crippen molar-refractivity contribution in [2.45, 2.75) is 6.42 Å². The van der Waals surface area contributed by atoms with Gasteiger partial charge in [0.15, 0.2) is 11.5 Å². The topological polar surface area (TPSA) is 83.1 Å². The van der Waals surface area contributed by atoms with Gasteiger partial charge in [0.1, 0.15) is 5.82 Å². The molecule has 2 aromatic carbocycles. The van der Waals surface area contributed by atoms with E-state index >= 15 is 0 Å². The summed E-state index contributed by atoms with van der Waals surface area (Å²) in [5, 5.41) is 5.70. The van der Waals surface area contributed by atoms with E-state index in [1.807, 2.05) is 23.1 Å². The van der Waals surface area contributed by atoms with Crippen LogP contribution >= 0.6 is 0 Å². The van der Waals surface area contributed by atoms with E-state index < -0.39 is 0 Å². The van der Waals surface area contributed by atoms with Crippen LogP contribution in [0.3, 0.4) is 0 Å². The fourth-order valence-corrected chi connectivity index (χ4v) is 3.51. The summed E-state index contributed by atoms with van der Waals surface area (Å²) >= 11 is 0. The maximum atomic E-state index is 13.0.